The van der Waals surface area contributed by atoms with Gasteiger partial charge in [0.1, 0.15) is 50.3 Å². The molecule has 1 fully saturated rings. The van der Waals surface area contributed by atoms with E-state index in [9.17, 15) is 28.8 Å². The first-order valence-electron chi connectivity index (χ1n) is 31.1. The standard InChI is InChI=1S/C30H26Cl2O5.C25H18Cl2O4.C24H16Cl2O4/c31-24-12-20(13-25(32)16-24)11-23-14-22-15-26(8-9-27(22)30(23)34)36-17-19-4-6-21(7-5-19)28(33)18-37-29-3-1-2-10-35-29;26-20-8-16(9-21(27)12-20)7-19-10-18-11-22(5-6-23(18)25(19)30)31-14-15-1-3-17(4-2-15)24(29)13-28;25-19-8-15(9-20(26)12-19)7-18-10-17-11-21(5-6-22(17)23(18)27)30-13-14-1-3-16(4-2-14)24(28)29/h4-9,11-13,15-16,29H,1-3,10,14,17-18H2;1-9,11-12,28H,10,13-14H2;1-9,11-12H,10,13H2,(H,28,29)/b23-11+;19-7+;18-7+. The van der Waals surface area contributed by atoms with Crippen LogP contribution in [0.1, 0.15) is 131 Å². The van der Waals surface area contributed by atoms with Crippen molar-refractivity contribution in [2.75, 3.05) is 19.8 Å². The minimum absolute atomic E-state index is 0.00284. The third kappa shape index (κ3) is 18.6. The number of hydrogen-bond acceptors (Lipinski definition) is 12. The highest BCUT2D eigenvalue weighted by atomic mass is 35.5. The van der Waals surface area contributed by atoms with E-state index in [1.165, 1.54) is 0 Å². The molecule has 0 amide bonds. The zero-order valence-corrected chi connectivity index (χ0v) is 56.8. The van der Waals surface area contributed by atoms with E-state index in [-0.39, 0.29) is 47.4 Å². The molecule has 1 unspecified atom stereocenters. The summed E-state index contributed by atoms with van der Waals surface area (Å²) < 4.78 is 28.8. The third-order valence-electron chi connectivity index (χ3n) is 16.3. The van der Waals surface area contributed by atoms with E-state index in [2.05, 4.69) is 0 Å². The first-order valence-corrected chi connectivity index (χ1v) is 33.3. The highest BCUT2D eigenvalue weighted by Gasteiger charge is 2.28. The molecule has 1 aliphatic heterocycles. The summed E-state index contributed by atoms with van der Waals surface area (Å²) in [5.41, 5.74) is 13.1. The highest BCUT2D eigenvalue weighted by Crippen LogP contribution is 2.36. The lowest BCUT2D eigenvalue weighted by Crippen LogP contribution is -2.25. The number of fused-ring (bicyclic) bond motifs is 3. The van der Waals surface area contributed by atoms with Gasteiger partial charge >= 0.3 is 5.97 Å². The molecule has 19 heteroatoms. The molecule has 0 spiro atoms. The van der Waals surface area contributed by atoms with Crippen LogP contribution in [0.2, 0.25) is 30.1 Å². The average molecular weight is 1430 g/mol. The molecule has 0 saturated carbocycles. The van der Waals surface area contributed by atoms with Gasteiger partial charge < -0.3 is 33.9 Å². The summed E-state index contributed by atoms with van der Waals surface area (Å²) in [6.45, 7) is 1.15. The van der Waals surface area contributed by atoms with Gasteiger partial charge in [-0.2, -0.15) is 0 Å². The summed E-state index contributed by atoms with van der Waals surface area (Å²) in [6.07, 6.45) is 9.63. The Bertz CT molecular complexity index is 4590. The summed E-state index contributed by atoms with van der Waals surface area (Å²) in [5, 5.41) is 21.0. The average Bonchev–Trinajstić information content (AvgIpc) is 1.67. The first kappa shape index (κ1) is 70.4. The Morgan fingerprint density at radius 3 is 1.08 bits per heavy atom. The second-order valence-corrected chi connectivity index (χ2v) is 26.1. The van der Waals surface area contributed by atoms with Crippen molar-refractivity contribution in [2.24, 2.45) is 0 Å². The molecule has 9 aromatic rings. The molecule has 13 nitrogen and oxygen atoms in total. The lowest BCUT2D eigenvalue weighted by Gasteiger charge is -2.22. The Hall–Kier alpha value is -8.96. The Morgan fingerprint density at radius 2 is 0.765 bits per heavy atom. The summed E-state index contributed by atoms with van der Waals surface area (Å²) in [7, 11) is 0. The molecule has 4 aliphatic rings. The quantitative estimate of drug-likeness (QED) is 0.0575. The zero-order valence-electron chi connectivity index (χ0n) is 52.3. The minimum atomic E-state index is -0.963. The second kappa shape index (κ2) is 32.6. The number of rotatable bonds is 19. The molecule has 9 aromatic carbocycles. The summed E-state index contributed by atoms with van der Waals surface area (Å²) >= 11 is 36.4. The largest absolute Gasteiger partial charge is 0.489 e. The smallest absolute Gasteiger partial charge is 0.335 e. The van der Waals surface area contributed by atoms with Gasteiger partial charge in [-0.15, -0.1) is 0 Å². The van der Waals surface area contributed by atoms with E-state index >= 15 is 0 Å². The van der Waals surface area contributed by atoms with E-state index in [0.29, 0.717) is 138 Å². The van der Waals surface area contributed by atoms with Crippen LogP contribution < -0.4 is 14.2 Å². The number of hydrogen-bond donors (Lipinski definition) is 2. The van der Waals surface area contributed by atoms with Crippen LogP contribution in [0, 0.1) is 0 Å². The topological polar surface area (TPSA) is 189 Å². The summed E-state index contributed by atoms with van der Waals surface area (Å²) in [4.78, 5) is 73.2. The third-order valence-corrected chi connectivity index (χ3v) is 17.6. The van der Waals surface area contributed by atoms with Gasteiger partial charge in [0.15, 0.2) is 35.2 Å². The number of ether oxygens (including phenoxy) is 5. The van der Waals surface area contributed by atoms with Crippen molar-refractivity contribution >= 4 is 123 Å². The summed E-state index contributed by atoms with van der Waals surface area (Å²) in [6, 6.07) is 52.7. The molecule has 0 bridgehead atoms. The molecular weight excluding hydrogens is 1370 g/mol. The Labute approximate surface area is 595 Å². The maximum atomic E-state index is 12.9. The number of carboxylic acid groups (broad SMARTS) is 1. The van der Waals surface area contributed by atoms with E-state index in [1.54, 1.807) is 152 Å². The summed E-state index contributed by atoms with van der Waals surface area (Å²) in [5.74, 6) is 0.600. The molecule has 1 heterocycles. The number of benzene rings is 9. The number of carbonyl (C=O) groups excluding carboxylic acids is 5. The fourth-order valence-electron chi connectivity index (χ4n) is 11.4. The van der Waals surface area contributed by atoms with Crippen molar-refractivity contribution in [3.8, 4) is 17.2 Å². The van der Waals surface area contributed by atoms with Crippen molar-refractivity contribution in [2.45, 2.75) is 64.6 Å². The van der Waals surface area contributed by atoms with Gasteiger partial charge in [-0.25, -0.2) is 4.79 Å². The van der Waals surface area contributed by atoms with Crippen molar-refractivity contribution in [1.29, 1.82) is 0 Å². The van der Waals surface area contributed by atoms with Crippen molar-refractivity contribution in [3.05, 3.63) is 312 Å². The van der Waals surface area contributed by atoms with Crippen molar-refractivity contribution in [3.63, 3.8) is 0 Å². The highest BCUT2D eigenvalue weighted by molar-refractivity contribution is 6.36. The maximum Gasteiger partial charge on any atom is 0.335 e. The maximum absolute atomic E-state index is 12.9. The first-order chi connectivity index (χ1) is 47.2. The van der Waals surface area contributed by atoms with Crippen LogP contribution in [-0.2, 0) is 48.6 Å². The fraction of sp³-hybridized carbons (Fsp3) is 0.165. The van der Waals surface area contributed by atoms with Gasteiger partial charge in [-0.3, -0.25) is 24.0 Å². The van der Waals surface area contributed by atoms with Crippen molar-refractivity contribution < 1.29 is 62.7 Å². The van der Waals surface area contributed by atoms with Crippen LogP contribution >= 0.6 is 69.6 Å². The van der Waals surface area contributed by atoms with Gasteiger partial charge in [0, 0.05) is 101 Å². The molecular formula is C79H60Cl6O13. The SMILES string of the molecule is O=C(CO)c1ccc(COc2ccc3c(c2)C/C(=C\c2cc(Cl)cc(Cl)c2)C3=O)cc1.O=C(COC1CCCCO1)c1ccc(COc2ccc3c(c2)C/C(=C\c2cc(Cl)cc(Cl)c2)C3=O)cc1.O=C(O)c1ccc(COc2ccc3c(c2)C/C(=C\c2cc(Cl)cc(Cl)c2)C3=O)cc1. The van der Waals surface area contributed by atoms with Crippen LogP contribution in [0.25, 0.3) is 18.2 Å². The van der Waals surface area contributed by atoms with Gasteiger partial charge in [0.2, 0.25) is 0 Å². The second-order valence-electron chi connectivity index (χ2n) is 23.5. The van der Waals surface area contributed by atoms with E-state index in [0.717, 1.165) is 69.3 Å². The lowest BCUT2D eigenvalue weighted by molar-refractivity contribution is -0.155. The van der Waals surface area contributed by atoms with Crippen LogP contribution in [0.4, 0.5) is 0 Å². The predicted octanol–water partition coefficient (Wildman–Crippen LogP) is 18.8. The molecule has 1 saturated heterocycles. The van der Waals surface area contributed by atoms with Gasteiger partial charge in [0.05, 0.1) is 5.56 Å². The number of carbonyl (C=O) groups is 6. The van der Waals surface area contributed by atoms with Crippen LogP contribution in [0.15, 0.2) is 199 Å². The molecule has 0 aromatic heterocycles. The van der Waals surface area contributed by atoms with Crippen LogP contribution in [0.3, 0.4) is 0 Å². The molecule has 1 atom stereocenters. The van der Waals surface area contributed by atoms with E-state index < -0.39 is 12.6 Å². The van der Waals surface area contributed by atoms with Gasteiger partial charge in [0.25, 0.3) is 0 Å². The number of allylic oxidation sites excluding steroid dienone is 3. The molecule has 2 N–H and O–H groups in total. The Morgan fingerprint density at radius 1 is 0.429 bits per heavy atom. The number of aliphatic hydroxyl groups excluding tert-OH is 1. The number of aliphatic hydroxyl groups is 1. The van der Waals surface area contributed by atoms with E-state index in [4.69, 9.17) is 104 Å². The lowest BCUT2D eigenvalue weighted by atomic mass is 10.1. The number of carboxylic acids is 1. The zero-order chi connectivity index (χ0) is 69.0. The molecule has 98 heavy (non-hydrogen) atoms. The molecule has 13 rings (SSSR count). The Kier molecular flexibility index (Phi) is 23.4. The number of aromatic carboxylic acids is 1. The number of Topliss-reactive ketones (excluding diaryl/α,β-unsaturated/α-hetero) is 5. The normalized spacial score (nSPS) is 15.6. The minimum Gasteiger partial charge on any atom is -0.489 e. The van der Waals surface area contributed by atoms with Gasteiger partial charge in [-0.1, -0.05) is 130 Å². The fourth-order valence-corrected chi connectivity index (χ4v) is 13.0. The monoisotopic (exact) mass is 1430 g/mol. The van der Waals surface area contributed by atoms with E-state index in [1.807, 2.05) is 48.6 Å². The molecule has 0 radical (unpaired) electrons. The van der Waals surface area contributed by atoms with Crippen LogP contribution in [-0.4, -0.2) is 71.2 Å². The Balaban J connectivity index is 0.000000150. The molecule has 496 valence electrons. The predicted molar refractivity (Wildman–Crippen MR) is 381 cm³/mol. The number of halogens is 6. The van der Waals surface area contributed by atoms with Crippen molar-refractivity contribution in [1.82, 2.24) is 0 Å². The van der Waals surface area contributed by atoms with Crippen LogP contribution in [0.5, 0.6) is 17.2 Å². The number of ketones is 5. The molecule has 3 aliphatic carbocycles. The van der Waals surface area contributed by atoms with Gasteiger partial charge in [-0.05, 0) is 209 Å².